The van der Waals surface area contributed by atoms with Crippen LogP contribution in [0.3, 0.4) is 0 Å². The highest BCUT2D eigenvalue weighted by molar-refractivity contribution is 6.32. The quantitative estimate of drug-likeness (QED) is 0.163. The summed E-state index contributed by atoms with van der Waals surface area (Å²) < 4.78 is 44.0. The first-order valence-electron chi connectivity index (χ1n) is 5.04. The van der Waals surface area contributed by atoms with Crippen molar-refractivity contribution in [2.75, 3.05) is 6.61 Å². The highest BCUT2D eigenvalue weighted by Gasteiger charge is 2.26. The number of benzene rings is 1. The maximum atomic E-state index is 13.5. The molecule has 1 aromatic carbocycles. The summed E-state index contributed by atoms with van der Waals surface area (Å²) in [5.74, 6) is -6.88. The van der Waals surface area contributed by atoms with Gasteiger partial charge in [-0.3, -0.25) is 4.79 Å². The van der Waals surface area contributed by atoms with Crippen LogP contribution in [-0.4, -0.2) is 18.4 Å². The Labute approximate surface area is 111 Å². The van der Waals surface area contributed by atoms with Gasteiger partial charge < -0.3 is 4.74 Å². The van der Waals surface area contributed by atoms with Crippen LogP contribution < -0.4 is 0 Å². The van der Waals surface area contributed by atoms with Crippen LogP contribution in [0, 0.1) is 17.5 Å². The van der Waals surface area contributed by atoms with E-state index in [0.29, 0.717) is 6.07 Å². The number of carbonyl (C=O) groups excluding carboxylic acids is 2. The number of hydrogen-bond acceptors (Lipinski definition) is 3. The van der Waals surface area contributed by atoms with Crippen LogP contribution in [0.25, 0.3) is 0 Å². The highest BCUT2D eigenvalue weighted by atomic mass is 35.5. The fourth-order valence-corrected chi connectivity index (χ4v) is 1.40. The van der Waals surface area contributed by atoms with Crippen molar-refractivity contribution in [1.29, 1.82) is 0 Å². The van der Waals surface area contributed by atoms with Gasteiger partial charge in [0.1, 0.15) is 10.6 Å². The third-order valence-electron chi connectivity index (χ3n) is 2.14. The lowest BCUT2D eigenvalue weighted by Crippen LogP contribution is -2.17. The maximum absolute atomic E-state index is 13.5. The van der Waals surface area contributed by atoms with Gasteiger partial charge in [0.2, 0.25) is 5.78 Å². The predicted octanol–water partition coefficient (Wildman–Crippen LogP) is 3.06. The Morgan fingerprint density at radius 3 is 2.42 bits per heavy atom. The third-order valence-corrected chi connectivity index (χ3v) is 2.48. The smallest absolute Gasteiger partial charge is 0.341 e. The van der Waals surface area contributed by atoms with E-state index in [1.165, 1.54) is 6.92 Å². The van der Waals surface area contributed by atoms with E-state index in [0.717, 1.165) is 0 Å². The summed E-state index contributed by atoms with van der Waals surface area (Å²) in [5.41, 5.74) is -1.59. The van der Waals surface area contributed by atoms with Gasteiger partial charge in [-0.05, 0) is 13.0 Å². The van der Waals surface area contributed by atoms with E-state index in [2.05, 4.69) is 11.3 Å². The van der Waals surface area contributed by atoms with Crippen LogP contribution in [0.4, 0.5) is 13.2 Å². The number of ketones is 1. The van der Waals surface area contributed by atoms with E-state index in [9.17, 15) is 22.8 Å². The van der Waals surface area contributed by atoms with Gasteiger partial charge in [0.05, 0.1) is 12.2 Å². The number of esters is 1. The van der Waals surface area contributed by atoms with Crippen molar-refractivity contribution in [2.24, 2.45) is 0 Å². The molecule has 0 amide bonds. The van der Waals surface area contributed by atoms with E-state index in [1.54, 1.807) is 0 Å². The average Bonchev–Trinajstić information content (AvgIpc) is 2.39. The number of carbonyl (C=O) groups is 2. The number of halogens is 4. The van der Waals surface area contributed by atoms with Crippen molar-refractivity contribution < 1.29 is 27.5 Å². The molecule has 0 bridgehead atoms. The van der Waals surface area contributed by atoms with Crippen LogP contribution >= 0.6 is 11.6 Å². The Hall–Kier alpha value is -1.82. The second-order valence-corrected chi connectivity index (χ2v) is 3.75. The number of ether oxygens (including phenoxy) is 1. The second kappa shape index (κ2) is 5.88. The molecule has 0 atom stereocenters. The van der Waals surface area contributed by atoms with E-state index in [-0.39, 0.29) is 6.61 Å². The minimum absolute atomic E-state index is 0.0217. The summed E-state index contributed by atoms with van der Waals surface area (Å²) in [6.07, 6.45) is 0. The molecule has 19 heavy (non-hydrogen) atoms. The average molecular weight is 293 g/mol. The van der Waals surface area contributed by atoms with Gasteiger partial charge in [0.15, 0.2) is 17.5 Å². The molecular weight excluding hydrogens is 285 g/mol. The highest BCUT2D eigenvalue weighted by Crippen LogP contribution is 2.26. The van der Waals surface area contributed by atoms with Gasteiger partial charge in [-0.2, -0.15) is 0 Å². The van der Waals surface area contributed by atoms with Crippen LogP contribution in [0.2, 0.25) is 5.02 Å². The van der Waals surface area contributed by atoms with Crippen molar-refractivity contribution in [3.63, 3.8) is 0 Å². The van der Waals surface area contributed by atoms with Crippen LogP contribution in [0.1, 0.15) is 17.3 Å². The zero-order valence-electron chi connectivity index (χ0n) is 9.73. The van der Waals surface area contributed by atoms with E-state index in [1.807, 2.05) is 0 Å². The molecule has 0 aliphatic rings. The summed E-state index contributed by atoms with van der Waals surface area (Å²) in [4.78, 5) is 22.9. The summed E-state index contributed by atoms with van der Waals surface area (Å²) >= 11 is 5.19. The maximum Gasteiger partial charge on any atom is 0.341 e. The first kappa shape index (κ1) is 15.2. The number of Topliss-reactive ketones (excluding diaryl/α,β-unsaturated/α-hetero) is 1. The third kappa shape index (κ3) is 2.96. The van der Waals surface area contributed by atoms with E-state index < -0.39 is 45.4 Å². The zero-order chi connectivity index (χ0) is 14.7. The molecule has 0 N–H and O–H groups in total. The molecule has 0 fully saturated rings. The molecule has 7 heteroatoms. The van der Waals surface area contributed by atoms with E-state index in [4.69, 9.17) is 11.6 Å². The standard InChI is InChI=1S/C12H8ClF3O3/c1-3-19-12(18)5(2)11(17)6-4-7(14)10(16)8(13)9(6)15/h4H,2-3H2,1H3. The molecule has 0 aromatic heterocycles. The van der Waals surface area contributed by atoms with Crippen molar-refractivity contribution in [2.45, 2.75) is 6.92 Å². The van der Waals surface area contributed by atoms with Crippen LogP contribution in [0.15, 0.2) is 18.2 Å². The minimum atomic E-state index is -1.61. The molecule has 102 valence electrons. The predicted molar refractivity (Wildman–Crippen MR) is 61.4 cm³/mol. The Kier molecular flexibility index (Phi) is 4.72. The minimum Gasteiger partial charge on any atom is -0.462 e. The fourth-order valence-electron chi connectivity index (χ4n) is 1.21. The van der Waals surface area contributed by atoms with Gasteiger partial charge in [-0.1, -0.05) is 18.2 Å². The fraction of sp³-hybridized carbons (Fsp3) is 0.167. The number of rotatable bonds is 4. The molecule has 0 saturated carbocycles. The largest absolute Gasteiger partial charge is 0.462 e. The Balaban J connectivity index is 3.21. The molecule has 0 radical (unpaired) electrons. The molecule has 0 unspecified atom stereocenters. The van der Waals surface area contributed by atoms with Gasteiger partial charge in [-0.15, -0.1) is 0 Å². The molecule has 0 aliphatic heterocycles. The van der Waals surface area contributed by atoms with Crippen LogP contribution in [0.5, 0.6) is 0 Å². The van der Waals surface area contributed by atoms with Crippen molar-refractivity contribution in [1.82, 2.24) is 0 Å². The summed E-state index contributed by atoms with van der Waals surface area (Å²) in [6.45, 7) is 4.59. The molecule has 0 heterocycles. The first-order chi connectivity index (χ1) is 8.81. The summed E-state index contributed by atoms with van der Waals surface area (Å²) in [7, 11) is 0. The second-order valence-electron chi connectivity index (χ2n) is 3.38. The van der Waals surface area contributed by atoms with Gasteiger partial charge in [0.25, 0.3) is 0 Å². The molecular formula is C12H8ClF3O3. The SMILES string of the molecule is C=C(C(=O)OCC)C(=O)c1cc(F)c(F)c(Cl)c1F. The lowest BCUT2D eigenvalue weighted by atomic mass is 10.0. The number of hydrogen-bond donors (Lipinski definition) is 0. The zero-order valence-corrected chi connectivity index (χ0v) is 10.5. The van der Waals surface area contributed by atoms with Crippen molar-refractivity contribution >= 4 is 23.4 Å². The van der Waals surface area contributed by atoms with Crippen molar-refractivity contribution in [3.05, 3.63) is 46.3 Å². The summed E-state index contributed by atoms with van der Waals surface area (Å²) in [6, 6.07) is 0.309. The Bertz CT molecular complexity index is 570. The van der Waals surface area contributed by atoms with Gasteiger partial charge in [0, 0.05) is 0 Å². The Morgan fingerprint density at radius 1 is 1.32 bits per heavy atom. The van der Waals surface area contributed by atoms with Gasteiger partial charge >= 0.3 is 5.97 Å². The first-order valence-corrected chi connectivity index (χ1v) is 5.42. The molecule has 3 nitrogen and oxygen atoms in total. The van der Waals surface area contributed by atoms with Gasteiger partial charge in [-0.25, -0.2) is 18.0 Å². The summed E-state index contributed by atoms with van der Waals surface area (Å²) in [5, 5.41) is -1.17. The molecule has 0 aliphatic carbocycles. The van der Waals surface area contributed by atoms with E-state index >= 15 is 0 Å². The molecule has 1 aromatic rings. The normalized spacial score (nSPS) is 10.2. The molecule has 0 spiro atoms. The van der Waals surface area contributed by atoms with Crippen molar-refractivity contribution in [3.8, 4) is 0 Å². The lowest BCUT2D eigenvalue weighted by molar-refractivity contribution is -0.138. The Morgan fingerprint density at radius 2 is 1.89 bits per heavy atom. The monoisotopic (exact) mass is 292 g/mol. The lowest BCUT2D eigenvalue weighted by Gasteiger charge is -2.07. The topological polar surface area (TPSA) is 43.4 Å². The molecule has 0 saturated heterocycles. The van der Waals surface area contributed by atoms with Crippen LogP contribution in [-0.2, 0) is 9.53 Å². The molecule has 1 rings (SSSR count).